The molecule has 1 rings (SSSR count). The Morgan fingerprint density at radius 1 is 1.50 bits per heavy atom. The van der Waals surface area contributed by atoms with Crippen LogP contribution in [0.2, 0.25) is 0 Å². The molecule has 0 aromatic heterocycles. The van der Waals surface area contributed by atoms with Gasteiger partial charge in [-0.25, -0.2) is 4.39 Å². The molecule has 3 nitrogen and oxygen atoms in total. The molecule has 0 bridgehead atoms. The largest absolute Gasteiger partial charge is 0.481 e. The number of carboxylic acids is 1. The molecule has 16 heavy (non-hydrogen) atoms. The van der Waals surface area contributed by atoms with Crippen LogP contribution in [0.1, 0.15) is 5.56 Å². The van der Waals surface area contributed by atoms with Gasteiger partial charge in [0.15, 0.2) is 11.6 Å². The molecule has 0 amide bonds. The van der Waals surface area contributed by atoms with Crippen molar-refractivity contribution in [3.63, 3.8) is 0 Å². The third kappa shape index (κ3) is 3.41. The lowest BCUT2D eigenvalue weighted by atomic mass is 10.1. The highest BCUT2D eigenvalue weighted by atomic mass is 79.9. The molecule has 0 fully saturated rings. The molecule has 0 saturated heterocycles. The van der Waals surface area contributed by atoms with Crippen LogP contribution in [0, 0.1) is 5.82 Å². The van der Waals surface area contributed by atoms with Crippen molar-refractivity contribution < 1.29 is 27.8 Å². The minimum absolute atomic E-state index is 0.123. The minimum Gasteiger partial charge on any atom is -0.481 e. The van der Waals surface area contributed by atoms with Gasteiger partial charge in [-0.2, -0.15) is 8.78 Å². The first-order valence-electron chi connectivity index (χ1n) is 4.04. The molecule has 1 aromatic rings. The van der Waals surface area contributed by atoms with E-state index in [1.807, 2.05) is 0 Å². The normalized spacial score (nSPS) is 10.6. The van der Waals surface area contributed by atoms with Crippen molar-refractivity contribution in [3.05, 3.63) is 28.0 Å². The predicted molar refractivity (Wildman–Crippen MR) is 52.1 cm³/mol. The van der Waals surface area contributed by atoms with E-state index in [9.17, 15) is 18.0 Å². The van der Waals surface area contributed by atoms with Crippen molar-refractivity contribution in [2.75, 3.05) is 0 Å². The molecule has 88 valence electrons. The van der Waals surface area contributed by atoms with Crippen LogP contribution < -0.4 is 4.74 Å². The highest BCUT2D eigenvalue weighted by Gasteiger charge is 2.15. The topological polar surface area (TPSA) is 46.5 Å². The average molecular weight is 299 g/mol. The van der Waals surface area contributed by atoms with Crippen LogP contribution in [-0.4, -0.2) is 17.7 Å². The van der Waals surface area contributed by atoms with E-state index in [4.69, 9.17) is 5.11 Å². The van der Waals surface area contributed by atoms with Gasteiger partial charge in [-0.1, -0.05) is 0 Å². The maximum atomic E-state index is 13.2. The first kappa shape index (κ1) is 12.8. The molecule has 0 spiro atoms. The van der Waals surface area contributed by atoms with Crippen LogP contribution in [-0.2, 0) is 11.2 Å². The molecule has 0 saturated carbocycles. The van der Waals surface area contributed by atoms with Crippen molar-refractivity contribution in [1.82, 2.24) is 0 Å². The van der Waals surface area contributed by atoms with Crippen molar-refractivity contribution in [2.24, 2.45) is 0 Å². The molecule has 0 atom stereocenters. The van der Waals surface area contributed by atoms with Gasteiger partial charge in [-0.15, -0.1) is 0 Å². The van der Waals surface area contributed by atoms with E-state index in [2.05, 4.69) is 20.7 Å². The molecule has 0 heterocycles. The lowest BCUT2D eigenvalue weighted by Gasteiger charge is -2.08. The maximum Gasteiger partial charge on any atom is 0.387 e. The van der Waals surface area contributed by atoms with Gasteiger partial charge in [0, 0.05) is 0 Å². The Balaban J connectivity index is 3.06. The number of hydrogen-bond donors (Lipinski definition) is 1. The minimum atomic E-state index is -3.17. The van der Waals surface area contributed by atoms with Crippen molar-refractivity contribution >= 4 is 21.9 Å². The standard InChI is InChI=1S/C9H6BrF3O3/c10-5-1-4(3-7(14)15)2-6(8(5)11)16-9(12)13/h1-2,9H,3H2,(H,14,15). The van der Waals surface area contributed by atoms with Crippen molar-refractivity contribution in [3.8, 4) is 5.75 Å². The quantitative estimate of drug-likeness (QED) is 0.930. The Labute approximate surface area is 97.0 Å². The van der Waals surface area contributed by atoms with Gasteiger partial charge in [0.25, 0.3) is 0 Å². The van der Waals surface area contributed by atoms with E-state index in [0.717, 1.165) is 6.07 Å². The highest BCUT2D eigenvalue weighted by molar-refractivity contribution is 9.10. The molecule has 1 N–H and O–H groups in total. The summed E-state index contributed by atoms with van der Waals surface area (Å²) in [6, 6.07) is 2.13. The second kappa shape index (κ2) is 5.20. The molecule has 0 aliphatic rings. The number of ether oxygens (including phenoxy) is 1. The third-order valence-corrected chi connectivity index (χ3v) is 2.20. The SMILES string of the molecule is O=C(O)Cc1cc(Br)c(F)c(OC(F)F)c1. The number of alkyl halides is 2. The molecule has 7 heteroatoms. The zero-order valence-electron chi connectivity index (χ0n) is 7.71. The van der Waals surface area contributed by atoms with Gasteiger partial charge in [-0.3, -0.25) is 4.79 Å². The van der Waals surface area contributed by atoms with Crippen molar-refractivity contribution in [2.45, 2.75) is 13.0 Å². The highest BCUT2D eigenvalue weighted by Crippen LogP contribution is 2.28. The molecule has 1 aromatic carbocycles. The van der Waals surface area contributed by atoms with Gasteiger partial charge >= 0.3 is 12.6 Å². The summed E-state index contributed by atoms with van der Waals surface area (Å²) in [5.41, 5.74) is 0.163. The fourth-order valence-corrected chi connectivity index (χ4v) is 1.57. The number of aliphatic carboxylic acids is 1. The summed E-state index contributed by atoms with van der Waals surface area (Å²) < 4.78 is 40.8. The lowest BCUT2D eigenvalue weighted by Crippen LogP contribution is -2.06. The Hall–Kier alpha value is -1.24. The fraction of sp³-hybridized carbons (Fsp3) is 0.222. The zero-order valence-corrected chi connectivity index (χ0v) is 9.30. The predicted octanol–water partition coefficient (Wildman–Crippen LogP) is 2.82. The Morgan fingerprint density at radius 3 is 2.62 bits per heavy atom. The summed E-state index contributed by atoms with van der Waals surface area (Å²) in [5.74, 6) is -2.82. The number of carbonyl (C=O) groups is 1. The van der Waals surface area contributed by atoms with E-state index >= 15 is 0 Å². The average Bonchev–Trinajstić information content (AvgIpc) is 2.11. The summed E-state index contributed by atoms with van der Waals surface area (Å²) in [7, 11) is 0. The van der Waals surface area contributed by atoms with Gasteiger partial charge in [0.1, 0.15) is 0 Å². The summed E-state index contributed by atoms with van der Waals surface area (Å²) in [5, 5.41) is 8.50. The van der Waals surface area contributed by atoms with Crippen LogP contribution >= 0.6 is 15.9 Å². The van der Waals surface area contributed by atoms with E-state index in [1.54, 1.807) is 0 Å². The van der Waals surface area contributed by atoms with E-state index in [-0.39, 0.29) is 10.0 Å². The lowest BCUT2D eigenvalue weighted by molar-refractivity contribution is -0.136. The Bertz CT molecular complexity index is 409. The van der Waals surface area contributed by atoms with Gasteiger partial charge in [0.2, 0.25) is 0 Å². The van der Waals surface area contributed by atoms with Crippen LogP contribution in [0.4, 0.5) is 13.2 Å². The van der Waals surface area contributed by atoms with Crippen LogP contribution in [0.25, 0.3) is 0 Å². The van der Waals surface area contributed by atoms with Crippen LogP contribution in [0.3, 0.4) is 0 Å². The fourth-order valence-electron chi connectivity index (χ4n) is 1.08. The number of carboxylic acid groups (broad SMARTS) is 1. The first-order chi connectivity index (χ1) is 7.40. The first-order valence-corrected chi connectivity index (χ1v) is 4.84. The summed E-state index contributed by atoms with van der Waals surface area (Å²) >= 11 is 2.78. The maximum absolute atomic E-state index is 13.2. The van der Waals surface area contributed by atoms with Gasteiger partial charge < -0.3 is 9.84 Å². The smallest absolute Gasteiger partial charge is 0.387 e. The second-order valence-corrected chi connectivity index (χ2v) is 3.69. The molecule has 0 radical (unpaired) electrons. The molecular weight excluding hydrogens is 293 g/mol. The molecule has 0 aliphatic heterocycles. The van der Waals surface area contributed by atoms with Crippen LogP contribution in [0.5, 0.6) is 5.75 Å². The van der Waals surface area contributed by atoms with E-state index < -0.39 is 30.6 Å². The monoisotopic (exact) mass is 298 g/mol. The third-order valence-electron chi connectivity index (χ3n) is 1.63. The Morgan fingerprint density at radius 2 is 2.12 bits per heavy atom. The number of benzene rings is 1. The molecular formula is C9H6BrF3O3. The summed E-state index contributed by atoms with van der Waals surface area (Å²) in [6.45, 7) is -3.17. The molecule has 0 aliphatic carbocycles. The number of hydrogen-bond acceptors (Lipinski definition) is 2. The number of rotatable bonds is 4. The van der Waals surface area contributed by atoms with E-state index in [1.165, 1.54) is 6.07 Å². The second-order valence-electron chi connectivity index (χ2n) is 2.84. The zero-order chi connectivity index (χ0) is 12.3. The van der Waals surface area contributed by atoms with Crippen molar-refractivity contribution in [1.29, 1.82) is 0 Å². The molecule has 0 unspecified atom stereocenters. The van der Waals surface area contributed by atoms with E-state index in [0.29, 0.717) is 0 Å². The van der Waals surface area contributed by atoms with Crippen LogP contribution in [0.15, 0.2) is 16.6 Å². The summed E-state index contributed by atoms with van der Waals surface area (Å²) in [4.78, 5) is 10.4. The van der Waals surface area contributed by atoms with Gasteiger partial charge in [-0.05, 0) is 33.6 Å². The summed E-state index contributed by atoms with van der Waals surface area (Å²) in [6.07, 6.45) is -0.404. The number of halogens is 4. The Kier molecular flexibility index (Phi) is 4.17. The van der Waals surface area contributed by atoms with Gasteiger partial charge in [0.05, 0.1) is 10.9 Å².